The molecule has 172 valence electrons. The first-order valence-corrected chi connectivity index (χ1v) is 11.6. The van der Waals surface area contributed by atoms with Crippen LogP contribution in [0.3, 0.4) is 0 Å². The van der Waals surface area contributed by atoms with Crippen molar-refractivity contribution in [3.8, 4) is 11.1 Å². The molecule has 1 unspecified atom stereocenters. The Morgan fingerprint density at radius 1 is 1.06 bits per heavy atom. The highest BCUT2D eigenvalue weighted by Crippen LogP contribution is 2.24. The lowest BCUT2D eigenvalue weighted by molar-refractivity contribution is -0.198. The SMILES string of the molecule is O=C(C=Cc1ccc(Cc2nc3ccc(-c4ccccc4)cc3[nH]2)cc1)NOC1CCCCO1. The van der Waals surface area contributed by atoms with Crippen LogP contribution in [0.1, 0.15) is 36.2 Å². The molecule has 2 heterocycles. The maximum atomic E-state index is 12.0. The highest BCUT2D eigenvalue weighted by molar-refractivity contribution is 5.91. The van der Waals surface area contributed by atoms with Crippen molar-refractivity contribution in [3.63, 3.8) is 0 Å². The number of aromatic nitrogens is 2. The summed E-state index contributed by atoms with van der Waals surface area (Å²) in [6, 6.07) is 24.7. The van der Waals surface area contributed by atoms with Crippen molar-refractivity contribution in [2.24, 2.45) is 0 Å². The van der Waals surface area contributed by atoms with E-state index >= 15 is 0 Å². The number of nitrogens with zero attached hydrogens (tertiary/aromatic N) is 1. The Hall–Kier alpha value is -3.74. The average Bonchev–Trinajstić information content (AvgIpc) is 3.29. The minimum Gasteiger partial charge on any atom is -0.350 e. The van der Waals surface area contributed by atoms with E-state index in [9.17, 15) is 4.79 Å². The molecule has 1 aromatic heterocycles. The molecule has 1 amide bonds. The summed E-state index contributed by atoms with van der Waals surface area (Å²) >= 11 is 0. The predicted octanol–water partition coefficient (Wildman–Crippen LogP) is 5.41. The number of carbonyl (C=O) groups excluding carboxylic acids is 1. The number of H-pyrrole nitrogens is 1. The molecule has 1 fully saturated rings. The van der Waals surface area contributed by atoms with Crippen LogP contribution in [-0.2, 0) is 20.8 Å². The second kappa shape index (κ2) is 10.5. The number of imidazole rings is 1. The fraction of sp³-hybridized carbons (Fsp3) is 0.214. The van der Waals surface area contributed by atoms with Crippen LogP contribution in [-0.4, -0.2) is 28.8 Å². The molecule has 0 aliphatic carbocycles. The standard InChI is InChI=1S/C28H27N3O3/c32-27(31-34-28-8-4-5-17-33-28)16-13-20-9-11-21(12-10-20)18-26-29-24-15-14-23(19-25(24)30-26)22-6-2-1-3-7-22/h1-3,6-7,9-16,19,28H,4-5,8,17-18H2,(H,29,30)(H,31,32). The van der Waals surface area contributed by atoms with E-state index in [2.05, 4.69) is 40.8 Å². The van der Waals surface area contributed by atoms with Gasteiger partial charge < -0.3 is 9.72 Å². The van der Waals surface area contributed by atoms with Crippen LogP contribution in [0.2, 0.25) is 0 Å². The van der Waals surface area contributed by atoms with Crippen molar-refractivity contribution in [2.45, 2.75) is 32.0 Å². The second-order valence-electron chi connectivity index (χ2n) is 8.41. The topological polar surface area (TPSA) is 76.2 Å². The number of aromatic amines is 1. The third kappa shape index (κ3) is 5.60. The van der Waals surface area contributed by atoms with E-state index in [4.69, 9.17) is 14.6 Å². The van der Waals surface area contributed by atoms with Gasteiger partial charge in [0.25, 0.3) is 5.91 Å². The summed E-state index contributed by atoms with van der Waals surface area (Å²) in [4.78, 5) is 25.5. The number of hydrogen-bond acceptors (Lipinski definition) is 4. The Balaban J connectivity index is 1.18. The number of nitrogens with one attached hydrogen (secondary N) is 2. The zero-order valence-electron chi connectivity index (χ0n) is 18.9. The molecule has 0 bridgehead atoms. The van der Waals surface area contributed by atoms with Gasteiger partial charge in [-0.05, 0) is 53.3 Å². The summed E-state index contributed by atoms with van der Waals surface area (Å²) in [7, 11) is 0. The van der Waals surface area contributed by atoms with Crippen molar-refractivity contribution in [3.05, 3.63) is 95.8 Å². The smallest absolute Gasteiger partial charge is 0.267 e. The van der Waals surface area contributed by atoms with E-state index in [0.717, 1.165) is 47.2 Å². The minimum atomic E-state index is -0.353. The van der Waals surface area contributed by atoms with Gasteiger partial charge in [-0.1, -0.05) is 60.7 Å². The minimum absolute atomic E-state index is 0.310. The molecule has 2 N–H and O–H groups in total. The number of ether oxygens (including phenoxy) is 1. The Labute approximate surface area is 198 Å². The molecule has 0 radical (unpaired) electrons. The van der Waals surface area contributed by atoms with Crippen LogP contribution in [0, 0.1) is 0 Å². The van der Waals surface area contributed by atoms with Gasteiger partial charge in [-0.15, -0.1) is 0 Å². The van der Waals surface area contributed by atoms with E-state index in [0.29, 0.717) is 13.0 Å². The van der Waals surface area contributed by atoms with Gasteiger partial charge in [0.15, 0.2) is 6.29 Å². The van der Waals surface area contributed by atoms with Gasteiger partial charge in [-0.25, -0.2) is 15.3 Å². The number of hydrogen-bond donors (Lipinski definition) is 2. The Morgan fingerprint density at radius 2 is 1.91 bits per heavy atom. The highest BCUT2D eigenvalue weighted by atomic mass is 16.8. The molecule has 5 rings (SSSR count). The van der Waals surface area contributed by atoms with Gasteiger partial charge in [-0.2, -0.15) is 0 Å². The number of amides is 1. The number of carbonyl (C=O) groups is 1. The van der Waals surface area contributed by atoms with Crippen LogP contribution >= 0.6 is 0 Å². The molecule has 3 aromatic carbocycles. The molecule has 1 saturated heterocycles. The van der Waals surface area contributed by atoms with Crippen LogP contribution < -0.4 is 5.48 Å². The fourth-order valence-corrected chi connectivity index (χ4v) is 4.03. The first-order valence-electron chi connectivity index (χ1n) is 11.6. The molecule has 34 heavy (non-hydrogen) atoms. The second-order valence-corrected chi connectivity index (χ2v) is 8.41. The Kier molecular flexibility index (Phi) is 6.79. The monoisotopic (exact) mass is 453 g/mol. The lowest BCUT2D eigenvalue weighted by atomic mass is 10.1. The average molecular weight is 454 g/mol. The van der Waals surface area contributed by atoms with E-state index < -0.39 is 0 Å². The van der Waals surface area contributed by atoms with Crippen LogP contribution in [0.5, 0.6) is 0 Å². The number of rotatable bonds is 7. The maximum absolute atomic E-state index is 12.0. The third-order valence-corrected chi connectivity index (χ3v) is 5.85. The summed E-state index contributed by atoms with van der Waals surface area (Å²) in [5.74, 6) is 0.611. The quantitative estimate of drug-likeness (QED) is 0.290. The molecule has 0 saturated carbocycles. The number of fused-ring (bicyclic) bond motifs is 1. The van der Waals surface area contributed by atoms with Crippen molar-refractivity contribution in [2.75, 3.05) is 6.61 Å². The van der Waals surface area contributed by atoms with E-state index in [1.54, 1.807) is 6.08 Å². The summed E-state index contributed by atoms with van der Waals surface area (Å²) in [6.45, 7) is 0.672. The molecule has 1 aliphatic rings. The molecular formula is C28H27N3O3. The van der Waals surface area contributed by atoms with Crippen molar-refractivity contribution >= 4 is 23.0 Å². The molecule has 1 atom stereocenters. The molecule has 1 aliphatic heterocycles. The van der Waals surface area contributed by atoms with E-state index in [1.165, 1.54) is 17.2 Å². The van der Waals surface area contributed by atoms with Gasteiger partial charge in [-0.3, -0.25) is 4.79 Å². The first kappa shape index (κ1) is 22.1. The van der Waals surface area contributed by atoms with Crippen molar-refractivity contribution < 1.29 is 14.4 Å². The zero-order chi connectivity index (χ0) is 23.2. The normalized spacial score (nSPS) is 16.2. The van der Waals surface area contributed by atoms with Crippen LogP contribution in [0.4, 0.5) is 0 Å². The Bertz CT molecular complexity index is 1270. The van der Waals surface area contributed by atoms with E-state index in [1.807, 2.05) is 42.5 Å². The third-order valence-electron chi connectivity index (χ3n) is 5.85. The Morgan fingerprint density at radius 3 is 2.71 bits per heavy atom. The first-order chi connectivity index (χ1) is 16.7. The number of benzene rings is 3. The van der Waals surface area contributed by atoms with Crippen molar-refractivity contribution in [1.82, 2.24) is 15.4 Å². The summed E-state index contributed by atoms with van der Waals surface area (Å²) in [5.41, 5.74) is 8.85. The van der Waals surface area contributed by atoms with Gasteiger partial charge in [0.1, 0.15) is 5.82 Å². The lowest BCUT2D eigenvalue weighted by Crippen LogP contribution is -2.32. The largest absolute Gasteiger partial charge is 0.350 e. The summed E-state index contributed by atoms with van der Waals surface area (Å²) < 4.78 is 5.43. The summed E-state index contributed by atoms with van der Waals surface area (Å²) in [5, 5.41) is 0. The lowest BCUT2D eigenvalue weighted by Gasteiger charge is -2.21. The zero-order valence-corrected chi connectivity index (χ0v) is 18.9. The molecule has 0 spiro atoms. The van der Waals surface area contributed by atoms with Gasteiger partial charge >= 0.3 is 0 Å². The van der Waals surface area contributed by atoms with Gasteiger partial charge in [0.2, 0.25) is 0 Å². The van der Waals surface area contributed by atoms with Crippen LogP contribution in [0.25, 0.3) is 28.2 Å². The van der Waals surface area contributed by atoms with Gasteiger partial charge in [0, 0.05) is 25.5 Å². The molecule has 6 heteroatoms. The predicted molar refractivity (Wildman–Crippen MR) is 133 cm³/mol. The number of hydroxylamine groups is 1. The van der Waals surface area contributed by atoms with Crippen LogP contribution in [0.15, 0.2) is 78.9 Å². The molecular weight excluding hydrogens is 426 g/mol. The highest BCUT2D eigenvalue weighted by Gasteiger charge is 2.15. The molecule has 4 aromatic rings. The van der Waals surface area contributed by atoms with E-state index in [-0.39, 0.29) is 12.2 Å². The maximum Gasteiger partial charge on any atom is 0.267 e. The fourth-order valence-electron chi connectivity index (χ4n) is 4.03. The molecule has 6 nitrogen and oxygen atoms in total. The van der Waals surface area contributed by atoms with Gasteiger partial charge in [0.05, 0.1) is 11.0 Å². The van der Waals surface area contributed by atoms with Crippen molar-refractivity contribution in [1.29, 1.82) is 0 Å². The summed E-state index contributed by atoms with van der Waals surface area (Å²) in [6.07, 6.45) is 6.45.